The Labute approximate surface area is 135 Å². The van der Waals surface area contributed by atoms with Crippen molar-refractivity contribution in [2.45, 2.75) is 13.5 Å². The summed E-state index contributed by atoms with van der Waals surface area (Å²) in [5.74, 6) is -0.381. The number of halogens is 1. The fourth-order valence-corrected chi connectivity index (χ4v) is 2.66. The third kappa shape index (κ3) is 2.08. The van der Waals surface area contributed by atoms with Gasteiger partial charge in [-0.15, -0.1) is 0 Å². The van der Waals surface area contributed by atoms with Crippen LogP contribution < -0.4 is 4.74 Å². The van der Waals surface area contributed by atoms with E-state index in [2.05, 4.69) is 15.1 Å². The average Bonchev–Trinajstić information content (AvgIpc) is 3.13. The lowest BCUT2D eigenvalue weighted by Crippen LogP contribution is -1.98. The van der Waals surface area contributed by atoms with Crippen molar-refractivity contribution in [3.8, 4) is 17.4 Å². The minimum Gasteiger partial charge on any atom is -0.506 e. The number of aliphatic hydroxyl groups is 1. The summed E-state index contributed by atoms with van der Waals surface area (Å²) in [6.07, 6.45) is 2.69. The first-order valence-corrected chi connectivity index (χ1v) is 7.19. The monoisotopic (exact) mass is 328 g/mol. The van der Waals surface area contributed by atoms with Crippen LogP contribution in [0.4, 0.5) is 4.39 Å². The molecule has 4 aromatic rings. The number of aliphatic hydroxyl groups excluding tert-OH is 1. The molecule has 1 aromatic carbocycles. The van der Waals surface area contributed by atoms with Crippen LogP contribution in [-0.2, 0) is 6.61 Å². The van der Waals surface area contributed by atoms with Gasteiger partial charge in [0.2, 0.25) is 5.88 Å². The lowest BCUT2D eigenvalue weighted by molar-refractivity contribution is 0.278. The molecular formula is C16H13FN4O3. The summed E-state index contributed by atoms with van der Waals surface area (Å²) in [4.78, 5) is 6.95. The Balaban J connectivity index is 1.84. The molecule has 0 amide bonds. The zero-order chi connectivity index (χ0) is 16.8. The lowest BCUT2D eigenvalue weighted by Gasteiger charge is -2.08. The maximum atomic E-state index is 14.7. The number of aromatic hydroxyl groups is 1. The fourth-order valence-electron chi connectivity index (χ4n) is 2.66. The van der Waals surface area contributed by atoms with E-state index in [1.54, 1.807) is 13.0 Å². The second-order valence-electron chi connectivity index (χ2n) is 5.39. The van der Waals surface area contributed by atoms with Crippen molar-refractivity contribution in [3.63, 3.8) is 0 Å². The molecular weight excluding hydrogens is 315 g/mol. The van der Waals surface area contributed by atoms with Crippen LogP contribution in [0, 0.1) is 12.7 Å². The van der Waals surface area contributed by atoms with Crippen molar-refractivity contribution in [2.75, 3.05) is 0 Å². The number of H-pyrrole nitrogens is 1. The Hall–Kier alpha value is -3.13. The molecule has 3 N–H and O–H groups in total. The van der Waals surface area contributed by atoms with E-state index >= 15 is 0 Å². The van der Waals surface area contributed by atoms with Gasteiger partial charge in [-0.3, -0.25) is 0 Å². The van der Waals surface area contributed by atoms with Crippen LogP contribution in [0.3, 0.4) is 0 Å². The summed E-state index contributed by atoms with van der Waals surface area (Å²) in [6.45, 7) is 1.49. The van der Waals surface area contributed by atoms with E-state index in [0.717, 1.165) is 0 Å². The molecule has 0 fully saturated rings. The Morgan fingerprint density at radius 3 is 3.00 bits per heavy atom. The van der Waals surface area contributed by atoms with E-state index in [1.807, 2.05) is 0 Å². The van der Waals surface area contributed by atoms with Crippen molar-refractivity contribution in [2.24, 2.45) is 0 Å². The predicted molar refractivity (Wildman–Crippen MR) is 83.6 cm³/mol. The number of nitrogens with zero attached hydrogens (tertiary/aromatic N) is 3. The molecule has 8 heteroatoms. The normalized spacial score (nSPS) is 11.5. The Kier molecular flexibility index (Phi) is 3.14. The minimum absolute atomic E-state index is 0.00770. The topological polar surface area (TPSA) is 95.7 Å². The highest BCUT2D eigenvalue weighted by Crippen LogP contribution is 2.34. The van der Waals surface area contributed by atoms with E-state index in [9.17, 15) is 9.50 Å². The summed E-state index contributed by atoms with van der Waals surface area (Å²) in [7, 11) is 0. The Bertz CT molecular complexity index is 1070. The second kappa shape index (κ2) is 5.20. The maximum Gasteiger partial charge on any atom is 0.247 e. The van der Waals surface area contributed by atoms with Crippen molar-refractivity contribution >= 4 is 16.4 Å². The molecule has 0 spiro atoms. The summed E-state index contributed by atoms with van der Waals surface area (Å²) < 4.78 is 21.7. The molecule has 7 nitrogen and oxygen atoms in total. The standard InChI is InChI=1S/C16H13FN4O3/c1-8-12(23)5-21-15(8)16(18-7-19-21)24-13-3-2-11-10(14(13)17)4-9(6-22)20-11/h2-5,7,20,22-23H,6H2,1H3. The van der Waals surface area contributed by atoms with Crippen molar-refractivity contribution in [1.29, 1.82) is 0 Å². The highest BCUT2D eigenvalue weighted by Gasteiger charge is 2.17. The van der Waals surface area contributed by atoms with Crippen LogP contribution in [0.25, 0.3) is 16.4 Å². The highest BCUT2D eigenvalue weighted by atomic mass is 19.1. The lowest BCUT2D eigenvalue weighted by atomic mass is 10.2. The van der Waals surface area contributed by atoms with Crippen LogP contribution in [0.2, 0.25) is 0 Å². The van der Waals surface area contributed by atoms with Gasteiger partial charge in [0.05, 0.1) is 12.8 Å². The molecule has 0 atom stereocenters. The van der Waals surface area contributed by atoms with Crippen LogP contribution in [-0.4, -0.2) is 29.8 Å². The number of ether oxygens (including phenoxy) is 1. The largest absolute Gasteiger partial charge is 0.506 e. The van der Waals surface area contributed by atoms with Crippen molar-refractivity contribution in [1.82, 2.24) is 19.6 Å². The van der Waals surface area contributed by atoms with Crippen LogP contribution in [0.15, 0.2) is 30.7 Å². The smallest absolute Gasteiger partial charge is 0.247 e. The molecule has 0 unspecified atom stereocenters. The third-order valence-electron chi connectivity index (χ3n) is 3.90. The van der Waals surface area contributed by atoms with Crippen LogP contribution >= 0.6 is 0 Å². The number of fused-ring (bicyclic) bond motifs is 2. The molecule has 4 rings (SSSR count). The van der Waals surface area contributed by atoms with E-state index in [-0.39, 0.29) is 24.0 Å². The summed E-state index contributed by atoms with van der Waals surface area (Å²) in [5.41, 5.74) is 2.07. The van der Waals surface area contributed by atoms with Gasteiger partial charge < -0.3 is 19.9 Å². The summed E-state index contributed by atoms with van der Waals surface area (Å²) in [6, 6.07) is 4.67. The second-order valence-corrected chi connectivity index (χ2v) is 5.39. The number of hydrogen-bond acceptors (Lipinski definition) is 5. The molecule has 0 bridgehead atoms. The van der Waals surface area contributed by atoms with Gasteiger partial charge in [-0.25, -0.2) is 8.91 Å². The first-order chi connectivity index (χ1) is 11.6. The molecule has 24 heavy (non-hydrogen) atoms. The Morgan fingerprint density at radius 2 is 2.21 bits per heavy atom. The van der Waals surface area contributed by atoms with Gasteiger partial charge in [-0.1, -0.05) is 0 Å². The first-order valence-electron chi connectivity index (χ1n) is 7.19. The third-order valence-corrected chi connectivity index (χ3v) is 3.90. The molecule has 0 saturated carbocycles. The van der Waals surface area contributed by atoms with E-state index in [4.69, 9.17) is 9.84 Å². The van der Waals surface area contributed by atoms with Gasteiger partial charge in [0.15, 0.2) is 11.6 Å². The van der Waals surface area contributed by atoms with Gasteiger partial charge in [-0.05, 0) is 25.1 Å². The van der Waals surface area contributed by atoms with Gasteiger partial charge in [0.1, 0.15) is 17.6 Å². The zero-order valence-corrected chi connectivity index (χ0v) is 12.6. The van der Waals surface area contributed by atoms with Gasteiger partial charge in [0.25, 0.3) is 0 Å². The first kappa shape index (κ1) is 14.5. The molecule has 0 radical (unpaired) electrons. The fraction of sp³-hybridized carbons (Fsp3) is 0.125. The van der Waals surface area contributed by atoms with Crippen LogP contribution in [0.1, 0.15) is 11.3 Å². The number of aromatic nitrogens is 4. The van der Waals surface area contributed by atoms with Crippen LogP contribution in [0.5, 0.6) is 17.4 Å². The maximum absolute atomic E-state index is 14.7. The molecule has 0 saturated heterocycles. The number of aromatic amines is 1. The highest BCUT2D eigenvalue weighted by molar-refractivity contribution is 5.83. The van der Waals surface area contributed by atoms with Gasteiger partial charge in [-0.2, -0.15) is 10.1 Å². The quantitative estimate of drug-likeness (QED) is 0.537. The molecule has 3 aromatic heterocycles. The number of hydrogen-bond donors (Lipinski definition) is 3. The van der Waals surface area contributed by atoms with Gasteiger partial charge >= 0.3 is 0 Å². The van der Waals surface area contributed by atoms with E-state index < -0.39 is 5.82 Å². The number of nitrogens with one attached hydrogen (secondary N) is 1. The van der Waals surface area contributed by atoms with E-state index in [0.29, 0.717) is 27.7 Å². The molecule has 3 heterocycles. The predicted octanol–water partition coefficient (Wildman–Crippen LogP) is 2.65. The minimum atomic E-state index is -0.561. The molecule has 0 aliphatic heterocycles. The average molecular weight is 328 g/mol. The number of aryl methyl sites for hydroxylation is 1. The zero-order valence-electron chi connectivity index (χ0n) is 12.6. The van der Waals surface area contributed by atoms with Crippen molar-refractivity contribution < 1.29 is 19.3 Å². The summed E-state index contributed by atoms with van der Waals surface area (Å²) in [5, 5.41) is 23.3. The van der Waals surface area contributed by atoms with E-state index in [1.165, 1.54) is 29.2 Å². The SMILES string of the molecule is Cc1c(O)cn2ncnc(Oc3ccc4[nH]c(CO)cc4c3F)c12. The molecule has 0 aliphatic carbocycles. The number of benzene rings is 1. The molecule has 0 aliphatic rings. The Morgan fingerprint density at radius 1 is 1.38 bits per heavy atom. The number of rotatable bonds is 3. The summed E-state index contributed by atoms with van der Waals surface area (Å²) >= 11 is 0. The van der Waals surface area contributed by atoms with Gasteiger partial charge in [0, 0.05) is 22.2 Å². The molecule has 122 valence electrons. The van der Waals surface area contributed by atoms with Crippen molar-refractivity contribution in [3.05, 3.63) is 47.8 Å².